The standard InChI is InChI=1S/C8H20O4P2S2/c1-5-10-13(15,8-4)16-14(9,11-6-2)12-7-3/h5-8H2,1-4H3. The van der Waals surface area contributed by atoms with Crippen molar-refractivity contribution in [3.63, 3.8) is 0 Å². The van der Waals surface area contributed by atoms with Gasteiger partial charge in [0.25, 0.3) is 0 Å². The normalized spacial score (nSPS) is 16.0. The molecule has 0 aliphatic heterocycles. The van der Waals surface area contributed by atoms with Crippen LogP contribution in [0.5, 0.6) is 0 Å². The minimum atomic E-state index is -3.15. The van der Waals surface area contributed by atoms with E-state index in [4.69, 9.17) is 25.4 Å². The van der Waals surface area contributed by atoms with Gasteiger partial charge in [-0.15, -0.1) is 0 Å². The van der Waals surface area contributed by atoms with Crippen molar-refractivity contribution in [2.24, 2.45) is 0 Å². The van der Waals surface area contributed by atoms with Crippen molar-refractivity contribution in [3.05, 3.63) is 0 Å². The Kier molecular flexibility index (Phi) is 8.83. The van der Waals surface area contributed by atoms with Crippen molar-refractivity contribution in [3.8, 4) is 0 Å². The molecule has 0 amide bonds. The topological polar surface area (TPSA) is 44.8 Å². The third-order valence-electron chi connectivity index (χ3n) is 1.51. The maximum absolute atomic E-state index is 12.3. The fraction of sp³-hybridized carbons (Fsp3) is 1.00. The Hall–Kier alpha value is 1.11. The lowest BCUT2D eigenvalue weighted by Crippen LogP contribution is -1.95. The van der Waals surface area contributed by atoms with E-state index >= 15 is 0 Å². The molecule has 0 rings (SSSR count). The van der Waals surface area contributed by atoms with Gasteiger partial charge in [0.05, 0.1) is 13.2 Å². The summed E-state index contributed by atoms with van der Waals surface area (Å²) in [5, 5.41) is 0. The molecule has 0 radical (unpaired) electrons. The quantitative estimate of drug-likeness (QED) is 0.593. The first kappa shape index (κ1) is 17.1. The van der Waals surface area contributed by atoms with Gasteiger partial charge in [0.2, 0.25) is 0 Å². The molecular formula is C8H20O4P2S2. The third-order valence-corrected chi connectivity index (χ3v) is 14.5. The molecule has 0 aliphatic rings. The van der Waals surface area contributed by atoms with Crippen LogP contribution in [0, 0.1) is 0 Å². The SMILES string of the molecule is CCOP(=O)(OCC)SP(=S)(CC)OCC. The van der Waals surface area contributed by atoms with E-state index in [9.17, 15) is 4.57 Å². The zero-order valence-corrected chi connectivity index (χ0v) is 13.6. The van der Waals surface area contributed by atoms with Crippen LogP contribution in [0.1, 0.15) is 27.7 Å². The minimum Gasteiger partial charge on any atom is -0.341 e. The van der Waals surface area contributed by atoms with Gasteiger partial charge in [0, 0.05) is 23.8 Å². The maximum atomic E-state index is 12.3. The van der Waals surface area contributed by atoms with Crippen molar-refractivity contribution in [1.29, 1.82) is 0 Å². The molecule has 1 atom stereocenters. The van der Waals surface area contributed by atoms with Crippen LogP contribution in [0.4, 0.5) is 0 Å². The highest BCUT2D eigenvalue weighted by Crippen LogP contribution is 2.78. The summed E-state index contributed by atoms with van der Waals surface area (Å²) in [5.41, 5.74) is -2.14. The van der Waals surface area contributed by atoms with Gasteiger partial charge in [0.15, 0.2) is 0 Å². The van der Waals surface area contributed by atoms with Gasteiger partial charge in [-0.1, -0.05) is 18.7 Å². The second-order valence-corrected chi connectivity index (χ2v) is 13.9. The lowest BCUT2D eigenvalue weighted by Gasteiger charge is -2.23. The molecule has 4 nitrogen and oxygen atoms in total. The number of hydrogen-bond donors (Lipinski definition) is 0. The van der Waals surface area contributed by atoms with Crippen LogP contribution >= 0.6 is 23.3 Å². The Bertz CT molecular complexity index is 275. The summed E-state index contributed by atoms with van der Waals surface area (Å²) in [7, 11) is 0. The van der Waals surface area contributed by atoms with Crippen molar-refractivity contribution in [2.45, 2.75) is 27.7 Å². The van der Waals surface area contributed by atoms with Crippen LogP contribution in [0.15, 0.2) is 0 Å². The van der Waals surface area contributed by atoms with Gasteiger partial charge in [-0.25, -0.2) is 4.57 Å². The highest BCUT2D eigenvalue weighted by atomic mass is 33.2. The molecule has 0 aromatic rings. The Morgan fingerprint density at radius 1 is 1.00 bits per heavy atom. The first-order chi connectivity index (χ1) is 7.45. The van der Waals surface area contributed by atoms with Gasteiger partial charge in [-0.2, -0.15) is 0 Å². The van der Waals surface area contributed by atoms with Crippen LogP contribution in [0.25, 0.3) is 0 Å². The van der Waals surface area contributed by atoms with Crippen molar-refractivity contribution in [1.82, 2.24) is 0 Å². The van der Waals surface area contributed by atoms with Crippen molar-refractivity contribution in [2.75, 3.05) is 26.0 Å². The monoisotopic (exact) mass is 306 g/mol. The maximum Gasteiger partial charge on any atom is 0.396 e. The van der Waals surface area contributed by atoms with Crippen molar-refractivity contribution < 1.29 is 18.1 Å². The lowest BCUT2D eigenvalue weighted by molar-refractivity contribution is 0.237. The average Bonchev–Trinajstić information content (AvgIpc) is 2.18. The van der Waals surface area contributed by atoms with E-state index in [-0.39, 0.29) is 0 Å². The van der Waals surface area contributed by atoms with Crippen LogP contribution in [-0.4, -0.2) is 26.0 Å². The average molecular weight is 306 g/mol. The van der Waals surface area contributed by atoms with E-state index in [1.807, 2.05) is 13.8 Å². The van der Waals surface area contributed by atoms with Gasteiger partial charge >= 0.3 is 6.80 Å². The van der Waals surface area contributed by atoms with E-state index in [1.54, 1.807) is 13.8 Å². The summed E-state index contributed by atoms with van der Waals surface area (Å²) >= 11 is 6.48. The molecule has 98 valence electrons. The number of hydrogen-bond acceptors (Lipinski definition) is 6. The molecular weight excluding hydrogens is 286 g/mol. The van der Waals surface area contributed by atoms with E-state index in [2.05, 4.69) is 0 Å². The van der Waals surface area contributed by atoms with Crippen LogP contribution in [0.2, 0.25) is 0 Å². The van der Waals surface area contributed by atoms with Crippen LogP contribution in [-0.2, 0) is 29.9 Å². The van der Waals surface area contributed by atoms with Gasteiger partial charge < -0.3 is 13.6 Å². The van der Waals surface area contributed by atoms with E-state index in [0.717, 1.165) is 11.0 Å². The summed E-state index contributed by atoms with van der Waals surface area (Å²) in [6.45, 7) is 5.43. The molecule has 0 aromatic heterocycles. The zero-order valence-electron chi connectivity index (χ0n) is 10.2. The summed E-state index contributed by atoms with van der Waals surface area (Å²) in [4.78, 5) is 0. The highest BCUT2D eigenvalue weighted by Gasteiger charge is 2.33. The molecule has 8 heteroatoms. The molecule has 0 heterocycles. The second kappa shape index (κ2) is 8.25. The first-order valence-corrected chi connectivity index (χ1v) is 11.8. The Labute approximate surface area is 107 Å². The predicted octanol–water partition coefficient (Wildman–Crippen LogP) is 4.27. The highest BCUT2D eigenvalue weighted by molar-refractivity contribution is 8.92. The predicted molar refractivity (Wildman–Crippen MR) is 74.9 cm³/mol. The van der Waals surface area contributed by atoms with E-state index in [1.165, 1.54) is 0 Å². The summed E-state index contributed by atoms with van der Waals surface area (Å²) in [5.74, 6) is 0. The zero-order chi connectivity index (χ0) is 12.7. The first-order valence-electron chi connectivity index (χ1n) is 5.29. The molecule has 0 aromatic carbocycles. The molecule has 0 bridgehead atoms. The molecule has 16 heavy (non-hydrogen) atoms. The summed E-state index contributed by atoms with van der Waals surface area (Å²) < 4.78 is 28.2. The van der Waals surface area contributed by atoms with Crippen LogP contribution in [0.3, 0.4) is 0 Å². The van der Waals surface area contributed by atoms with E-state index in [0.29, 0.717) is 26.0 Å². The molecule has 0 N–H and O–H groups in total. The fourth-order valence-corrected chi connectivity index (χ4v) is 13.0. The van der Waals surface area contributed by atoms with Crippen LogP contribution < -0.4 is 0 Å². The third kappa shape index (κ3) is 6.15. The smallest absolute Gasteiger partial charge is 0.341 e. The Morgan fingerprint density at radius 3 is 1.75 bits per heavy atom. The molecule has 0 aliphatic carbocycles. The van der Waals surface area contributed by atoms with Gasteiger partial charge in [0.1, 0.15) is 5.47 Å². The second-order valence-electron chi connectivity index (χ2n) is 2.71. The Morgan fingerprint density at radius 2 is 1.44 bits per heavy atom. The lowest BCUT2D eigenvalue weighted by atomic mass is 10.9. The van der Waals surface area contributed by atoms with Gasteiger partial charge in [-0.3, -0.25) is 0 Å². The van der Waals surface area contributed by atoms with E-state index < -0.39 is 12.3 Å². The minimum absolute atomic E-state index is 0.343. The van der Waals surface area contributed by atoms with Gasteiger partial charge in [-0.05, 0) is 20.8 Å². The molecule has 0 spiro atoms. The summed E-state index contributed by atoms with van der Waals surface area (Å²) in [6.07, 6.45) is 0.672. The number of rotatable bonds is 9. The summed E-state index contributed by atoms with van der Waals surface area (Å²) in [6, 6.07) is 0. The largest absolute Gasteiger partial charge is 0.396 e. The molecule has 1 unspecified atom stereocenters. The Balaban J connectivity index is 4.71. The fourth-order valence-electron chi connectivity index (χ4n) is 0.922. The molecule has 0 saturated carbocycles. The molecule has 0 saturated heterocycles. The molecule has 0 fully saturated rings. The van der Waals surface area contributed by atoms with Crippen molar-refractivity contribution >= 4 is 35.1 Å².